The normalized spacial score (nSPS) is 14.9. The molecule has 6 rings (SSSR count). The maximum absolute atomic E-state index is 13.5. The van der Waals surface area contributed by atoms with Gasteiger partial charge in [0.1, 0.15) is 11.5 Å². The number of hydrogen-bond acceptors (Lipinski definition) is 8. The SMILES string of the molecule is NC(=O)c1cc2cc(Cl)ccc2cc1OCC(=O)c1cn(CCN2C[C@H](O)CC2=O)c2cc(Oc3cccnn3)ccc12. The molecule has 5 aromatic rings. The lowest BCUT2D eigenvalue weighted by Crippen LogP contribution is -2.29. The summed E-state index contributed by atoms with van der Waals surface area (Å²) in [7, 11) is 0. The van der Waals surface area contributed by atoms with Gasteiger partial charge in [0.2, 0.25) is 17.6 Å². The van der Waals surface area contributed by atoms with E-state index >= 15 is 0 Å². The first kappa shape index (κ1) is 28.1. The summed E-state index contributed by atoms with van der Waals surface area (Å²) >= 11 is 6.10. The number of aromatic nitrogens is 3. The molecule has 218 valence electrons. The molecule has 0 radical (unpaired) electrons. The number of ether oxygens (including phenoxy) is 2. The lowest BCUT2D eigenvalue weighted by atomic mass is 10.1. The fourth-order valence-corrected chi connectivity index (χ4v) is 5.36. The van der Waals surface area contributed by atoms with Crippen molar-refractivity contribution in [3.05, 3.63) is 89.2 Å². The van der Waals surface area contributed by atoms with Gasteiger partial charge in [0.25, 0.3) is 5.91 Å². The largest absolute Gasteiger partial charge is 0.485 e. The molecule has 0 aliphatic carbocycles. The molecule has 3 heterocycles. The van der Waals surface area contributed by atoms with Crippen LogP contribution in [0.4, 0.5) is 0 Å². The number of amides is 2. The Kier molecular flexibility index (Phi) is 7.66. The van der Waals surface area contributed by atoms with Crippen LogP contribution in [0.3, 0.4) is 0 Å². The maximum Gasteiger partial charge on any atom is 0.252 e. The third kappa shape index (κ3) is 5.99. The highest BCUT2D eigenvalue weighted by Gasteiger charge is 2.28. The van der Waals surface area contributed by atoms with Crippen molar-refractivity contribution in [3.63, 3.8) is 0 Å². The smallest absolute Gasteiger partial charge is 0.252 e. The van der Waals surface area contributed by atoms with Crippen molar-refractivity contribution >= 4 is 50.9 Å². The van der Waals surface area contributed by atoms with Crippen molar-refractivity contribution in [2.75, 3.05) is 19.7 Å². The summed E-state index contributed by atoms with van der Waals surface area (Å²) in [6.07, 6.45) is 2.65. The van der Waals surface area contributed by atoms with Crippen LogP contribution in [0.2, 0.25) is 5.02 Å². The van der Waals surface area contributed by atoms with Crippen LogP contribution >= 0.6 is 11.6 Å². The van der Waals surface area contributed by atoms with E-state index in [1.54, 1.807) is 71.8 Å². The molecule has 1 aliphatic heterocycles. The van der Waals surface area contributed by atoms with Crippen LogP contribution in [0.1, 0.15) is 27.1 Å². The van der Waals surface area contributed by atoms with Crippen LogP contribution in [0.15, 0.2) is 73.1 Å². The number of primary amides is 1. The summed E-state index contributed by atoms with van der Waals surface area (Å²) < 4.78 is 13.6. The van der Waals surface area contributed by atoms with E-state index in [0.29, 0.717) is 51.6 Å². The fraction of sp³-hybridized carbons (Fsp3) is 0.194. The van der Waals surface area contributed by atoms with Gasteiger partial charge in [-0.05, 0) is 53.2 Å². The highest BCUT2D eigenvalue weighted by Crippen LogP contribution is 2.31. The van der Waals surface area contributed by atoms with Gasteiger partial charge >= 0.3 is 0 Å². The van der Waals surface area contributed by atoms with Crippen molar-refractivity contribution in [1.29, 1.82) is 0 Å². The summed E-state index contributed by atoms with van der Waals surface area (Å²) in [6, 6.07) is 17.1. The average molecular weight is 600 g/mol. The second-order valence-electron chi connectivity index (χ2n) is 10.2. The van der Waals surface area contributed by atoms with Gasteiger partial charge in [-0.2, -0.15) is 5.10 Å². The fourth-order valence-electron chi connectivity index (χ4n) is 5.18. The molecule has 0 bridgehead atoms. The minimum atomic E-state index is -0.696. The average Bonchev–Trinajstić information content (AvgIpc) is 3.52. The topological polar surface area (TPSA) is 150 Å². The Labute approximate surface area is 250 Å². The molecular formula is C31H26ClN5O6. The number of Topliss-reactive ketones (excluding diaryl/α,β-unsaturated/α-hetero) is 1. The molecule has 1 aliphatic rings. The summed E-state index contributed by atoms with van der Waals surface area (Å²) in [5.74, 6) is -0.168. The minimum Gasteiger partial charge on any atom is -0.485 e. The van der Waals surface area contributed by atoms with Gasteiger partial charge < -0.3 is 29.8 Å². The molecule has 2 aromatic heterocycles. The van der Waals surface area contributed by atoms with E-state index < -0.39 is 12.0 Å². The molecular weight excluding hydrogens is 574 g/mol. The summed E-state index contributed by atoms with van der Waals surface area (Å²) in [4.78, 5) is 39.6. The number of carbonyl (C=O) groups is 3. The monoisotopic (exact) mass is 599 g/mol. The number of aliphatic hydroxyl groups is 1. The Balaban J connectivity index is 1.29. The van der Waals surface area contributed by atoms with E-state index in [2.05, 4.69) is 10.2 Å². The second kappa shape index (κ2) is 11.7. The molecule has 1 saturated heterocycles. The quantitative estimate of drug-likeness (QED) is 0.229. The standard InChI is InChI=1S/C31H26ClN5O6/c32-20-4-3-18-12-28(24(31(33)41)11-19(18)10-20)42-17-27(39)25-16-36(8-9-37-15-21(38)13-30(37)40)26-14-22(5-6-23(25)26)43-29-2-1-7-34-35-29/h1-7,10-12,14,16,21,38H,8-9,13,15,17H2,(H2,33,41)/t21-/m1/s1. The van der Waals surface area contributed by atoms with Gasteiger partial charge in [-0.25, -0.2) is 0 Å². The molecule has 11 nitrogen and oxygen atoms in total. The van der Waals surface area contributed by atoms with Crippen LogP contribution in [-0.2, 0) is 11.3 Å². The number of halogens is 1. The van der Waals surface area contributed by atoms with Gasteiger partial charge in [0, 0.05) is 60.1 Å². The first-order valence-corrected chi connectivity index (χ1v) is 13.9. The molecule has 3 N–H and O–H groups in total. The molecule has 1 fully saturated rings. The third-order valence-corrected chi connectivity index (χ3v) is 7.49. The number of ketones is 1. The van der Waals surface area contributed by atoms with Gasteiger partial charge in [0.15, 0.2) is 6.61 Å². The highest BCUT2D eigenvalue weighted by atomic mass is 35.5. The van der Waals surface area contributed by atoms with E-state index in [-0.39, 0.29) is 42.6 Å². The number of aliphatic hydroxyl groups excluding tert-OH is 1. The van der Waals surface area contributed by atoms with Crippen molar-refractivity contribution < 1.29 is 29.0 Å². The Morgan fingerprint density at radius 1 is 1.05 bits per heavy atom. The van der Waals surface area contributed by atoms with E-state index in [9.17, 15) is 19.5 Å². The predicted molar refractivity (Wildman–Crippen MR) is 159 cm³/mol. The van der Waals surface area contributed by atoms with Crippen LogP contribution < -0.4 is 15.2 Å². The Morgan fingerprint density at radius 3 is 2.65 bits per heavy atom. The van der Waals surface area contributed by atoms with Crippen molar-refractivity contribution in [2.24, 2.45) is 5.73 Å². The zero-order chi connectivity index (χ0) is 30.1. The lowest BCUT2D eigenvalue weighted by molar-refractivity contribution is -0.127. The molecule has 3 aromatic carbocycles. The van der Waals surface area contributed by atoms with Crippen molar-refractivity contribution in [3.8, 4) is 17.4 Å². The molecule has 0 unspecified atom stereocenters. The molecule has 2 amide bonds. The Bertz CT molecular complexity index is 1880. The highest BCUT2D eigenvalue weighted by molar-refractivity contribution is 6.31. The van der Waals surface area contributed by atoms with Crippen LogP contribution in [-0.4, -0.2) is 68.2 Å². The minimum absolute atomic E-state index is 0.0959. The molecule has 1 atom stereocenters. The zero-order valence-corrected chi connectivity index (χ0v) is 23.5. The maximum atomic E-state index is 13.5. The van der Waals surface area contributed by atoms with Crippen LogP contribution in [0.5, 0.6) is 17.4 Å². The van der Waals surface area contributed by atoms with Crippen molar-refractivity contribution in [2.45, 2.75) is 19.1 Å². The summed E-state index contributed by atoms with van der Waals surface area (Å²) in [6.45, 7) is 0.630. The van der Waals surface area contributed by atoms with E-state index in [1.165, 1.54) is 6.20 Å². The number of hydrogen-bond donors (Lipinski definition) is 2. The third-order valence-electron chi connectivity index (χ3n) is 7.25. The van der Waals surface area contributed by atoms with E-state index in [1.807, 2.05) is 4.57 Å². The number of likely N-dealkylation sites (tertiary alicyclic amines) is 1. The summed E-state index contributed by atoms with van der Waals surface area (Å²) in [5, 5.41) is 20.3. The van der Waals surface area contributed by atoms with Gasteiger partial charge in [-0.15, -0.1) is 5.10 Å². The number of nitrogens with two attached hydrogens (primary N) is 1. The number of carbonyl (C=O) groups excluding carboxylic acids is 3. The number of benzene rings is 3. The molecule has 43 heavy (non-hydrogen) atoms. The first-order chi connectivity index (χ1) is 20.7. The van der Waals surface area contributed by atoms with Gasteiger partial charge in [-0.1, -0.05) is 17.7 Å². The van der Waals surface area contributed by atoms with Gasteiger partial charge in [0.05, 0.1) is 23.6 Å². The Morgan fingerprint density at radius 2 is 1.91 bits per heavy atom. The van der Waals surface area contributed by atoms with E-state index in [0.717, 1.165) is 5.39 Å². The van der Waals surface area contributed by atoms with Crippen LogP contribution in [0.25, 0.3) is 21.7 Å². The predicted octanol–water partition coefficient (Wildman–Crippen LogP) is 3.98. The van der Waals surface area contributed by atoms with E-state index in [4.69, 9.17) is 26.8 Å². The Hall–Kier alpha value is -5.00. The number of nitrogens with zero attached hydrogens (tertiary/aromatic N) is 4. The van der Waals surface area contributed by atoms with Crippen molar-refractivity contribution in [1.82, 2.24) is 19.7 Å². The molecule has 0 spiro atoms. The van der Waals surface area contributed by atoms with Crippen LogP contribution in [0, 0.1) is 0 Å². The number of rotatable bonds is 10. The molecule has 0 saturated carbocycles. The molecule has 12 heteroatoms. The lowest BCUT2D eigenvalue weighted by Gasteiger charge is -2.16. The second-order valence-corrected chi connectivity index (χ2v) is 10.6. The first-order valence-electron chi connectivity index (χ1n) is 13.5. The zero-order valence-electron chi connectivity index (χ0n) is 22.8. The van der Waals surface area contributed by atoms with Gasteiger partial charge in [-0.3, -0.25) is 14.4 Å². The summed E-state index contributed by atoms with van der Waals surface area (Å²) in [5.41, 5.74) is 6.82. The number of β-amino-alcohol motifs (C(OH)–C–C–N with tert-alkyl or cyclic N) is 1. The number of fused-ring (bicyclic) bond motifs is 2.